The molecule has 0 aliphatic heterocycles. The normalized spacial score (nSPS) is 11.7. The van der Waals surface area contributed by atoms with Gasteiger partial charge in [0.2, 0.25) is 0 Å². The maximum atomic E-state index is 3.63. The van der Waals surface area contributed by atoms with Crippen molar-refractivity contribution in [2.45, 2.75) is 6.17 Å². The molecular weight excluding hydrogens is 188 g/mol. The van der Waals surface area contributed by atoms with Crippen LogP contribution in [0.2, 0.25) is 0 Å². The van der Waals surface area contributed by atoms with Crippen LogP contribution in [0, 0.1) is 0 Å². The van der Waals surface area contributed by atoms with Crippen LogP contribution in [-0.4, -0.2) is 48.2 Å². The highest BCUT2D eigenvalue weighted by Gasteiger charge is 2.17. The van der Waals surface area contributed by atoms with Crippen molar-refractivity contribution >= 4 is 15.4 Å². The molecule has 0 aliphatic carbocycles. The number of rotatable bonds is 3. The summed E-state index contributed by atoms with van der Waals surface area (Å²) in [6, 6.07) is 8.33. The summed E-state index contributed by atoms with van der Waals surface area (Å²) in [7, 11) is 12.0. The minimum atomic E-state index is 0.309. The van der Waals surface area contributed by atoms with Gasteiger partial charge in [0, 0.05) is 0 Å². The van der Waals surface area contributed by atoms with Gasteiger partial charge in [0.15, 0.2) is 0 Å². The Morgan fingerprint density at radius 3 is 1.93 bits per heavy atom. The van der Waals surface area contributed by atoms with Gasteiger partial charge in [-0.1, -0.05) is 29.5 Å². The number of hydrogen-bond acceptors (Lipinski definition) is 2. The lowest BCUT2D eigenvalue weighted by atomic mass is 10.1. The van der Waals surface area contributed by atoms with Gasteiger partial charge in [-0.25, -0.2) is 0 Å². The van der Waals surface area contributed by atoms with Crippen LogP contribution in [0.3, 0.4) is 0 Å². The molecule has 3 heteroatoms. The van der Waals surface area contributed by atoms with E-state index in [1.807, 2.05) is 6.07 Å². The molecule has 0 N–H and O–H groups in total. The minimum absolute atomic E-state index is 0.309. The summed E-state index contributed by atoms with van der Waals surface area (Å²) in [6.45, 7) is 0. The maximum absolute atomic E-state index is 3.63. The molecule has 0 amide bonds. The standard InChI is InChI=1S/C11H17N2Si/c1-12(2)11(13(3)4)9-7-5-6-8-10(9)14/h5-8,11H,1-4H3. The fourth-order valence-corrected chi connectivity index (χ4v) is 2.05. The van der Waals surface area contributed by atoms with Crippen molar-refractivity contribution in [1.29, 1.82) is 0 Å². The third-order valence-corrected chi connectivity index (χ3v) is 2.67. The fourth-order valence-electron chi connectivity index (χ4n) is 1.74. The zero-order valence-electron chi connectivity index (χ0n) is 9.28. The second kappa shape index (κ2) is 4.73. The zero-order valence-corrected chi connectivity index (χ0v) is 10.3. The average Bonchev–Trinajstić information content (AvgIpc) is 2.07. The molecule has 0 aromatic heterocycles. The van der Waals surface area contributed by atoms with Gasteiger partial charge in [-0.15, -0.1) is 0 Å². The molecule has 0 unspecified atom stereocenters. The van der Waals surface area contributed by atoms with Crippen molar-refractivity contribution in [3.63, 3.8) is 0 Å². The first-order chi connectivity index (χ1) is 6.54. The Bertz CT molecular complexity index is 289. The average molecular weight is 205 g/mol. The highest BCUT2D eigenvalue weighted by Crippen LogP contribution is 2.17. The summed E-state index contributed by atoms with van der Waals surface area (Å²) >= 11 is 0. The Hall–Kier alpha value is -0.643. The van der Waals surface area contributed by atoms with E-state index in [-0.39, 0.29) is 0 Å². The highest BCUT2D eigenvalue weighted by molar-refractivity contribution is 6.33. The fraction of sp³-hybridized carbons (Fsp3) is 0.455. The Labute approximate surface area is 89.9 Å². The van der Waals surface area contributed by atoms with Crippen LogP contribution in [0.5, 0.6) is 0 Å². The molecule has 0 saturated heterocycles. The predicted octanol–water partition coefficient (Wildman–Crippen LogP) is 0.602. The molecule has 0 fully saturated rings. The van der Waals surface area contributed by atoms with Crippen molar-refractivity contribution in [3.8, 4) is 0 Å². The molecule has 14 heavy (non-hydrogen) atoms. The largest absolute Gasteiger partial charge is 0.290 e. The van der Waals surface area contributed by atoms with Gasteiger partial charge < -0.3 is 0 Å². The van der Waals surface area contributed by atoms with Crippen LogP contribution in [0.25, 0.3) is 0 Å². The SMILES string of the molecule is CN(C)C(c1ccccc1[Si])N(C)C. The van der Waals surface area contributed by atoms with E-state index >= 15 is 0 Å². The predicted molar refractivity (Wildman–Crippen MR) is 61.9 cm³/mol. The zero-order chi connectivity index (χ0) is 10.7. The smallest absolute Gasteiger partial charge is 0.0874 e. The van der Waals surface area contributed by atoms with E-state index < -0.39 is 0 Å². The Morgan fingerprint density at radius 1 is 1.00 bits per heavy atom. The monoisotopic (exact) mass is 205 g/mol. The maximum Gasteiger partial charge on any atom is 0.0874 e. The van der Waals surface area contributed by atoms with Gasteiger partial charge in [0.1, 0.15) is 0 Å². The molecule has 75 valence electrons. The van der Waals surface area contributed by atoms with E-state index in [1.165, 1.54) is 5.56 Å². The van der Waals surface area contributed by atoms with E-state index in [1.54, 1.807) is 0 Å². The summed E-state index contributed by atoms with van der Waals surface area (Å²) in [5.41, 5.74) is 1.29. The number of nitrogens with zero attached hydrogens (tertiary/aromatic N) is 2. The summed E-state index contributed by atoms with van der Waals surface area (Å²) in [6.07, 6.45) is 0.309. The molecule has 0 bridgehead atoms. The molecule has 3 radical (unpaired) electrons. The van der Waals surface area contributed by atoms with E-state index in [9.17, 15) is 0 Å². The van der Waals surface area contributed by atoms with Gasteiger partial charge in [0.25, 0.3) is 0 Å². The third kappa shape index (κ3) is 2.44. The lowest BCUT2D eigenvalue weighted by Gasteiger charge is -2.32. The molecular formula is C11H17N2Si. The third-order valence-electron chi connectivity index (χ3n) is 2.22. The van der Waals surface area contributed by atoms with E-state index in [0.717, 1.165) is 5.19 Å². The Morgan fingerprint density at radius 2 is 1.50 bits per heavy atom. The second-order valence-electron chi connectivity index (χ2n) is 3.89. The molecule has 1 aromatic rings. The van der Waals surface area contributed by atoms with Crippen LogP contribution in [0.15, 0.2) is 24.3 Å². The van der Waals surface area contributed by atoms with Gasteiger partial charge in [-0.2, -0.15) is 0 Å². The highest BCUT2D eigenvalue weighted by atomic mass is 28.1. The molecule has 2 nitrogen and oxygen atoms in total. The quantitative estimate of drug-likeness (QED) is 0.527. The van der Waals surface area contributed by atoms with E-state index in [0.29, 0.717) is 6.17 Å². The molecule has 0 spiro atoms. The molecule has 0 atom stereocenters. The summed E-state index contributed by atoms with van der Waals surface area (Å²) in [4.78, 5) is 4.39. The van der Waals surface area contributed by atoms with E-state index in [2.05, 4.69) is 66.4 Å². The van der Waals surface area contributed by atoms with Gasteiger partial charge in [-0.05, 0) is 33.8 Å². The van der Waals surface area contributed by atoms with Gasteiger partial charge in [-0.3, -0.25) is 9.80 Å². The van der Waals surface area contributed by atoms with Crippen LogP contribution >= 0.6 is 0 Å². The molecule has 1 rings (SSSR count). The van der Waals surface area contributed by atoms with Crippen LogP contribution in [-0.2, 0) is 0 Å². The minimum Gasteiger partial charge on any atom is -0.290 e. The van der Waals surface area contributed by atoms with Crippen molar-refractivity contribution in [1.82, 2.24) is 9.80 Å². The lowest BCUT2D eigenvalue weighted by molar-refractivity contribution is 0.132. The van der Waals surface area contributed by atoms with Crippen LogP contribution in [0.4, 0.5) is 0 Å². The first kappa shape index (κ1) is 11.4. The second-order valence-corrected chi connectivity index (χ2v) is 4.43. The van der Waals surface area contributed by atoms with Crippen molar-refractivity contribution in [2.24, 2.45) is 0 Å². The van der Waals surface area contributed by atoms with Crippen molar-refractivity contribution < 1.29 is 0 Å². The number of hydrogen-bond donors (Lipinski definition) is 0. The van der Waals surface area contributed by atoms with Crippen LogP contribution in [0.1, 0.15) is 11.7 Å². The molecule has 0 aliphatic rings. The van der Waals surface area contributed by atoms with E-state index in [4.69, 9.17) is 0 Å². The van der Waals surface area contributed by atoms with Crippen molar-refractivity contribution in [3.05, 3.63) is 29.8 Å². The summed E-state index contributed by atoms with van der Waals surface area (Å²) in [5.74, 6) is 0. The summed E-state index contributed by atoms with van der Waals surface area (Å²) < 4.78 is 0. The van der Waals surface area contributed by atoms with Gasteiger partial charge in [0.05, 0.1) is 16.4 Å². The van der Waals surface area contributed by atoms with Crippen LogP contribution < -0.4 is 5.19 Å². The molecule has 1 aromatic carbocycles. The topological polar surface area (TPSA) is 6.48 Å². The van der Waals surface area contributed by atoms with Crippen molar-refractivity contribution in [2.75, 3.05) is 28.2 Å². The van der Waals surface area contributed by atoms with Gasteiger partial charge >= 0.3 is 0 Å². The molecule has 0 saturated carbocycles. The molecule has 0 heterocycles. The number of benzene rings is 1. The Kier molecular flexibility index (Phi) is 3.86. The first-order valence-electron chi connectivity index (χ1n) is 4.67. The lowest BCUT2D eigenvalue weighted by Crippen LogP contribution is -2.35. The first-order valence-corrected chi connectivity index (χ1v) is 5.17. The Balaban J connectivity index is 3.05. The summed E-state index contributed by atoms with van der Waals surface area (Å²) in [5, 5.41) is 1.15.